The van der Waals surface area contributed by atoms with Gasteiger partial charge < -0.3 is 4.84 Å². The standard InChI is InChI=1S/C16H17N3O4S2/c1-10(20)17-23-16(22)15-12(9-25-14-7-13(21)19(14)15)24-8-11-3-5-18(2)6-4-11/h3-6,14H,7-9H2,1-2H3/p+1/t14-/m0/s1. The third-order valence-corrected chi connectivity index (χ3v) is 6.32. The first-order valence-corrected chi connectivity index (χ1v) is 9.70. The third kappa shape index (κ3) is 3.98. The van der Waals surface area contributed by atoms with Crippen molar-refractivity contribution in [3.63, 3.8) is 0 Å². The van der Waals surface area contributed by atoms with Crippen molar-refractivity contribution in [3.05, 3.63) is 40.7 Å². The summed E-state index contributed by atoms with van der Waals surface area (Å²) in [7, 11) is 1.95. The molecular weight excluding hydrogens is 362 g/mol. The molecule has 0 aromatic carbocycles. The summed E-state index contributed by atoms with van der Waals surface area (Å²) < 4.78 is 1.95. The van der Waals surface area contributed by atoms with Crippen LogP contribution < -0.4 is 10.0 Å². The van der Waals surface area contributed by atoms with Gasteiger partial charge in [0.1, 0.15) is 12.7 Å². The fourth-order valence-electron chi connectivity index (χ4n) is 2.45. The average molecular weight is 380 g/mol. The summed E-state index contributed by atoms with van der Waals surface area (Å²) in [6, 6.07) is 4.02. The van der Waals surface area contributed by atoms with Crippen LogP contribution >= 0.6 is 23.5 Å². The van der Waals surface area contributed by atoms with Gasteiger partial charge in [-0.25, -0.2) is 9.36 Å². The minimum atomic E-state index is -0.699. The quantitative estimate of drug-likeness (QED) is 0.474. The molecule has 2 aliphatic heterocycles. The minimum Gasteiger partial charge on any atom is -0.334 e. The van der Waals surface area contributed by atoms with E-state index in [-0.39, 0.29) is 17.0 Å². The second kappa shape index (κ2) is 7.49. The number of aryl methyl sites for hydroxylation is 1. The van der Waals surface area contributed by atoms with Gasteiger partial charge in [-0.2, -0.15) is 5.48 Å². The molecule has 132 valence electrons. The number of nitrogens with zero attached hydrogens (tertiary/aromatic N) is 2. The Morgan fingerprint density at radius 1 is 1.44 bits per heavy atom. The van der Waals surface area contributed by atoms with Crippen LogP contribution in [0.15, 0.2) is 35.1 Å². The molecule has 1 N–H and O–H groups in total. The molecule has 25 heavy (non-hydrogen) atoms. The second-order valence-corrected chi connectivity index (χ2v) is 7.95. The molecule has 7 nitrogen and oxygen atoms in total. The van der Waals surface area contributed by atoms with E-state index in [0.29, 0.717) is 17.9 Å². The van der Waals surface area contributed by atoms with Crippen molar-refractivity contribution in [2.75, 3.05) is 5.75 Å². The number of nitrogens with one attached hydrogen (secondary N) is 1. The summed E-state index contributed by atoms with van der Waals surface area (Å²) in [6.45, 7) is 1.25. The molecule has 0 unspecified atom stereocenters. The van der Waals surface area contributed by atoms with Crippen LogP contribution in [0.2, 0.25) is 0 Å². The molecule has 1 saturated heterocycles. The van der Waals surface area contributed by atoms with Gasteiger partial charge in [0.25, 0.3) is 0 Å². The molecule has 1 fully saturated rings. The van der Waals surface area contributed by atoms with E-state index >= 15 is 0 Å². The van der Waals surface area contributed by atoms with E-state index < -0.39 is 11.9 Å². The van der Waals surface area contributed by atoms with Crippen LogP contribution in [0.4, 0.5) is 0 Å². The number of aromatic nitrogens is 1. The van der Waals surface area contributed by atoms with Gasteiger partial charge in [0.05, 0.1) is 11.8 Å². The maximum absolute atomic E-state index is 12.4. The highest BCUT2D eigenvalue weighted by Crippen LogP contribution is 2.43. The highest BCUT2D eigenvalue weighted by molar-refractivity contribution is 8.05. The van der Waals surface area contributed by atoms with E-state index in [9.17, 15) is 14.4 Å². The Morgan fingerprint density at radius 3 is 2.80 bits per heavy atom. The monoisotopic (exact) mass is 380 g/mol. The number of thioether (sulfide) groups is 2. The summed E-state index contributed by atoms with van der Waals surface area (Å²) in [5.74, 6) is 0.0502. The van der Waals surface area contributed by atoms with Crippen molar-refractivity contribution >= 4 is 41.3 Å². The minimum absolute atomic E-state index is 0.0208. The fourth-order valence-corrected chi connectivity index (χ4v) is 4.95. The smallest absolute Gasteiger partial charge is 0.334 e. The Morgan fingerprint density at radius 2 is 2.16 bits per heavy atom. The topological polar surface area (TPSA) is 79.6 Å². The highest BCUT2D eigenvalue weighted by atomic mass is 32.2. The SMILES string of the molecule is CC(=O)NOC(=O)C1=C(SCc2cc[n+](C)cc2)CS[C@H]2CC(=O)N12. The third-order valence-electron chi connectivity index (χ3n) is 3.76. The van der Waals surface area contributed by atoms with Crippen molar-refractivity contribution in [1.29, 1.82) is 0 Å². The van der Waals surface area contributed by atoms with Gasteiger partial charge in [-0.05, 0) is 5.56 Å². The van der Waals surface area contributed by atoms with E-state index in [1.165, 1.54) is 23.6 Å². The zero-order valence-electron chi connectivity index (χ0n) is 13.9. The Labute approximate surface area is 153 Å². The molecule has 3 heterocycles. The molecule has 2 aliphatic rings. The number of carbonyl (C=O) groups is 3. The molecule has 0 spiro atoms. The number of hydrogen-bond acceptors (Lipinski definition) is 6. The Balaban J connectivity index is 1.78. The van der Waals surface area contributed by atoms with Crippen LogP contribution in [0, 0.1) is 0 Å². The van der Waals surface area contributed by atoms with E-state index in [0.717, 1.165) is 10.5 Å². The summed E-state index contributed by atoms with van der Waals surface area (Å²) in [6.07, 6.45) is 4.34. The van der Waals surface area contributed by atoms with Crippen LogP contribution in [0.1, 0.15) is 18.9 Å². The van der Waals surface area contributed by atoms with Gasteiger partial charge in [-0.1, -0.05) is 0 Å². The van der Waals surface area contributed by atoms with E-state index in [1.807, 2.05) is 41.6 Å². The summed E-state index contributed by atoms with van der Waals surface area (Å²) in [4.78, 5) is 42.4. The lowest BCUT2D eigenvalue weighted by Gasteiger charge is -2.44. The van der Waals surface area contributed by atoms with Gasteiger partial charge in [0.15, 0.2) is 12.4 Å². The second-order valence-electron chi connectivity index (χ2n) is 5.71. The van der Waals surface area contributed by atoms with Crippen molar-refractivity contribution in [3.8, 4) is 0 Å². The highest BCUT2D eigenvalue weighted by Gasteiger charge is 2.46. The molecule has 0 radical (unpaired) electrons. The molecule has 1 atom stereocenters. The molecule has 3 rings (SSSR count). The average Bonchev–Trinajstić information content (AvgIpc) is 2.58. The van der Waals surface area contributed by atoms with Gasteiger partial charge in [-0.15, -0.1) is 23.5 Å². The van der Waals surface area contributed by atoms with Crippen molar-refractivity contribution in [2.45, 2.75) is 24.5 Å². The van der Waals surface area contributed by atoms with Gasteiger partial charge in [0.2, 0.25) is 11.8 Å². The number of rotatable bonds is 4. The lowest BCUT2D eigenvalue weighted by atomic mass is 10.1. The van der Waals surface area contributed by atoms with E-state index in [4.69, 9.17) is 4.84 Å². The molecular formula is C16H18N3O4S2+. The van der Waals surface area contributed by atoms with Crippen LogP contribution in [0.5, 0.6) is 0 Å². The number of carbonyl (C=O) groups excluding carboxylic acids is 3. The summed E-state index contributed by atoms with van der Waals surface area (Å²) in [5.41, 5.74) is 3.41. The lowest BCUT2D eigenvalue weighted by Crippen LogP contribution is -2.54. The Kier molecular flexibility index (Phi) is 5.33. The van der Waals surface area contributed by atoms with Crippen molar-refractivity contribution < 1.29 is 23.8 Å². The molecule has 0 bridgehead atoms. The Bertz CT molecular complexity index is 748. The predicted molar refractivity (Wildman–Crippen MR) is 93.6 cm³/mol. The molecule has 9 heteroatoms. The summed E-state index contributed by atoms with van der Waals surface area (Å²) >= 11 is 3.15. The fraction of sp³-hybridized carbons (Fsp3) is 0.375. The van der Waals surface area contributed by atoms with Crippen molar-refractivity contribution in [1.82, 2.24) is 10.4 Å². The first kappa shape index (κ1) is 17.8. The summed E-state index contributed by atoms with van der Waals surface area (Å²) in [5, 5.41) is -0.0208. The van der Waals surface area contributed by atoms with Gasteiger partial charge >= 0.3 is 5.97 Å². The molecule has 0 saturated carbocycles. The predicted octanol–water partition coefficient (Wildman–Crippen LogP) is 0.855. The maximum Gasteiger partial charge on any atom is 0.380 e. The molecule has 1 aromatic heterocycles. The number of fused-ring (bicyclic) bond motifs is 1. The number of amides is 2. The maximum atomic E-state index is 12.4. The normalized spacial score (nSPS) is 19.2. The molecule has 1 aromatic rings. The number of pyridine rings is 1. The van der Waals surface area contributed by atoms with Crippen LogP contribution in [0.25, 0.3) is 0 Å². The van der Waals surface area contributed by atoms with Crippen LogP contribution in [-0.2, 0) is 32.0 Å². The zero-order chi connectivity index (χ0) is 18.0. The molecule has 0 aliphatic carbocycles. The van der Waals surface area contributed by atoms with E-state index in [1.54, 1.807) is 11.8 Å². The number of hydrogen-bond donors (Lipinski definition) is 1. The number of hydroxylamine groups is 1. The first-order valence-electron chi connectivity index (χ1n) is 7.67. The van der Waals surface area contributed by atoms with Crippen molar-refractivity contribution in [2.24, 2.45) is 7.05 Å². The van der Waals surface area contributed by atoms with Gasteiger partial charge in [0, 0.05) is 35.5 Å². The number of β-lactam (4-membered cyclic amide) rings is 1. The first-order chi connectivity index (χ1) is 12.0. The zero-order valence-corrected chi connectivity index (χ0v) is 15.5. The lowest BCUT2D eigenvalue weighted by molar-refractivity contribution is -0.671. The molecule has 2 amide bonds. The van der Waals surface area contributed by atoms with E-state index in [2.05, 4.69) is 0 Å². The largest absolute Gasteiger partial charge is 0.380 e. The Hall–Kier alpha value is -2.00. The van der Waals surface area contributed by atoms with Gasteiger partial charge in [-0.3, -0.25) is 14.5 Å². The van der Waals surface area contributed by atoms with Crippen LogP contribution in [0.3, 0.4) is 0 Å². The van der Waals surface area contributed by atoms with Crippen LogP contribution in [-0.4, -0.2) is 33.8 Å².